The smallest absolute Gasteiger partial charge is 0.209 e. The average Bonchev–Trinajstić information content (AvgIpc) is 2.78. The second-order valence-electron chi connectivity index (χ2n) is 3.43. The fourth-order valence-electron chi connectivity index (χ4n) is 1.51. The number of benzene rings is 1. The lowest BCUT2D eigenvalue weighted by Gasteiger charge is -1.97. The predicted octanol–water partition coefficient (Wildman–Crippen LogP) is 2.31. The molecule has 0 aliphatic rings. The molecule has 0 saturated heterocycles. The van der Waals surface area contributed by atoms with Gasteiger partial charge in [-0.2, -0.15) is 5.26 Å². The number of carbonyl (C=O) groups is 1. The second-order valence-corrected chi connectivity index (χ2v) is 3.43. The monoisotopic (exact) mass is 210 g/mol. The summed E-state index contributed by atoms with van der Waals surface area (Å²) >= 11 is 0. The number of ketones is 1. The van der Waals surface area contributed by atoms with E-state index in [1.54, 1.807) is 24.3 Å². The topological polar surface area (TPSA) is 56.6 Å². The van der Waals surface area contributed by atoms with Gasteiger partial charge in [-0.25, -0.2) is 0 Å². The number of carbonyl (C=O) groups excluding carboxylic acids is 1. The fourth-order valence-corrected chi connectivity index (χ4v) is 1.51. The van der Waals surface area contributed by atoms with Crippen LogP contribution in [0.3, 0.4) is 0 Å². The van der Waals surface area contributed by atoms with Gasteiger partial charge in [0.1, 0.15) is 0 Å². The highest BCUT2D eigenvalue weighted by Crippen LogP contribution is 2.09. The van der Waals surface area contributed by atoms with E-state index in [-0.39, 0.29) is 5.78 Å². The van der Waals surface area contributed by atoms with E-state index in [0.717, 1.165) is 5.69 Å². The summed E-state index contributed by atoms with van der Waals surface area (Å²) in [5.74, 6) is -0.0511. The van der Waals surface area contributed by atoms with E-state index >= 15 is 0 Å². The summed E-state index contributed by atoms with van der Waals surface area (Å²) in [4.78, 5) is 14.9. The maximum atomic E-state index is 11.9. The summed E-state index contributed by atoms with van der Waals surface area (Å²) in [6.45, 7) is 0. The number of hydrogen-bond donors (Lipinski definition) is 1. The highest BCUT2D eigenvalue weighted by molar-refractivity contribution is 6.07. The van der Waals surface area contributed by atoms with Crippen LogP contribution in [0.15, 0.2) is 42.5 Å². The van der Waals surface area contributed by atoms with E-state index in [0.29, 0.717) is 17.7 Å². The van der Waals surface area contributed by atoms with Crippen LogP contribution in [-0.2, 0) is 6.42 Å². The molecule has 0 bridgehead atoms. The first kappa shape index (κ1) is 10.2. The van der Waals surface area contributed by atoms with Crippen molar-refractivity contribution in [1.82, 2.24) is 4.98 Å². The maximum Gasteiger partial charge on any atom is 0.209 e. The summed E-state index contributed by atoms with van der Waals surface area (Å²) in [6, 6.07) is 14.6. The van der Waals surface area contributed by atoms with Gasteiger partial charge in [0.05, 0.1) is 18.2 Å². The molecule has 0 spiro atoms. The number of nitrogens with zero attached hydrogens (tertiary/aromatic N) is 1. The van der Waals surface area contributed by atoms with Crippen LogP contribution < -0.4 is 0 Å². The summed E-state index contributed by atoms with van der Waals surface area (Å²) < 4.78 is 0. The Labute approximate surface area is 93.3 Å². The van der Waals surface area contributed by atoms with Crippen LogP contribution in [-0.4, -0.2) is 10.8 Å². The molecule has 1 aromatic carbocycles. The number of rotatable bonds is 3. The van der Waals surface area contributed by atoms with Gasteiger partial charge in [-0.15, -0.1) is 0 Å². The molecule has 16 heavy (non-hydrogen) atoms. The second kappa shape index (κ2) is 4.45. The van der Waals surface area contributed by atoms with E-state index in [4.69, 9.17) is 5.26 Å². The van der Waals surface area contributed by atoms with Crippen molar-refractivity contribution in [1.29, 1.82) is 5.26 Å². The summed E-state index contributed by atoms with van der Waals surface area (Å²) in [6.07, 6.45) is 0.294. The number of nitrogens with one attached hydrogen (secondary N) is 1. The molecule has 1 N–H and O–H groups in total. The third-order valence-corrected chi connectivity index (χ3v) is 2.30. The molecule has 3 heteroatoms. The third kappa shape index (κ3) is 2.01. The molecule has 2 aromatic rings. The Morgan fingerprint density at radius 3 is 2.62 bits per heavy atom. The van der Waals surface area contributed by atoms with Crippen molar-refractivity contribution in [2.75, 3.05) is 0 Å². The molecule has 1 heterocycles. The maximum absolute atomic E-state index is 11.9. The van der Waals surface area contributed by atoms with Crippen LogP contribution in [0.25, 0.3) is 0 Å². The van der Waals surface area contributed by atoms with Gasteiger partial charge in [0.2, 0.25) is 5.78 Å². The Morgan fingerprint density at radius 1 is 1.19 bits per heavy atom. The minimum atomic E-state index is -0.0511. The molecule has 2 rings (SSSR count). The molecule has 1 aromatic heterocycles. The van der Waals surface area contributed by atoms with Crippen LogP contribution in [0.1, 0.15) is 21.7 Å². The predicted molar refractivity (Wildman–Crippen MR) is 60.0 cm³/mol. The molecule has 0 aliphatic heterocycles. The Hall–Kier alpha value is -2.34. The number of aromatic nitrogens is 1. The van der Waals surface area contributed by atoms with Gasteiger partial charge in [-0.1, -0.05) is 30.3 Å². The van der Waals surface area contributed by atoms with Crippen molar-refractivity contribution in [3.8, 4) is 6.07 Å². The lowest BCUT2D eigenvalue weighted by atomic mass is 10.1. The lowest BCUT2D eigenvalue weighted by molar-refractivity contribution is 0.103. The summed E-state index contributed by atoms with van der Waals surface area (Å²) in [5.41, 5.74) is 1.94. The Morgan fingerprint density at radius 2 is 1.94 bits per heavy atom. The van der Waals surface area contributed by atoms with Crippen molar-refractivity contribution in [3.05, 3.63) is 59.4 Å². The molecule has 0 fully saturated rings. The van der Waals surface area contributed by atoms with Gasteiger partial charge in [-0.05, 0) is 12.1 Å². The highest BCUT2D eigenvalue weighted by Gasteiger charge is 2.10. The molecule has 78 valence electrons. The zero-order valence-electron chi connectivity index (χ0n) is 8.60. The minimum Gasteiger partial charge on any atom is -0.355 e. The lowest BCUT2D eigenvalue weighted by Crippen LogP contribution is -2.01. The van der Waals surface area contributed by atoms with E-state index in [1.807, 2.05) is 24.3 Å². The zero-order valence-corrected chi connectivity index (χ0v) is 8.60. The summed E-state index contributed by atoms with van der Waals surface area (Å²) in [5, 5.41) is 8.53. The Kier molecular flexibility index (Phi) is 2.84. The molecule has 0 aliphatic carbocycles. The van der Waals surface area contributed by atoms with E-state index < -0.39 is 0 Å². The quantitative estimate of drug-likeness (QED) is 0.790. The van der Waals surface area contributed by atoms with Gasteiger partial charge in [0.15, 0.2) is 0 Å². The van der Waals surface area contributed by atoms with Crippen LogP contribution in [0.4, 0.5) is 0 Å². The number of aromatic amines is 1. The molecular formula is C13H10N2O. The molecule has 3 nitrogen and oxygen atoms in total. The Bertz CT molecular complexity index is 535. The SMILES string of the molecule is N#CCc1ccc(C(=O)c2ccccc2)[nH]1. The van der Waals surface area contributed by atoms with E-state index in [9.17, 15) is 4.79 Å². The van der Waals surface area contributed by atoms with Gasteiger partial charge < -0.3 is 4.98 Å². The van der Waals surface area contributed by atoms with E-state index in [1.165, 1.54) is 0 Å². The third-order valence-electron chi connectivity index (χ3n) is 2.30. The molecule has 0 saturated carbocycles. The standard InChI is InChI=1S/C13H10N2O/c14-9-8-11-6-7-12(15-11)13(16)10-4-2-1-3-5-10/h1-7,15H,8H2. The van der Waals surface area contributed by atoms with Gasteiger partial charge in [-0.3, -0.25) is 4.79 Å². The number of H-pyrrole nitrogens is 1. The van der Waals surface area contributed by atoms with Crippen LogP contribution in [0, 0.1) is 11.3 Å². The van der Waals surface area contributed by atoms with Crippen molar-refractivity contribution >= 4 is 5.78 Å². The minimum absolute atomic E-state index is 0.0511. The summed E-state index contributed by atoms with van der Waals surface area (Å²) in [7, 11) is 0. The number of nitriles is 1. The van der Waals surface area contributed by atoms with E-state index in [2.05, 4.69) is 4.98 Å². The van der Waals surface area contributed by atoms with Crippen LogP contribution in [0.5, 0.6) is 0 Å². The van der Waals surface area contributed by atoms with Crippen LogP contribution in [0.2, 0.25) is 0 Å². The highest BCUT2D eigenvalue weighted by atomic mass is 16.1. The normalized spacial score (nSPS) is 9.69. The van der Waals surface area contributed by atoms with Crippen molar-refractivity contribution < 1.29 is 4.79 Å². The van der Waals surface area contributed by atoms with Crippen molar-refractivity contribution in [2.24, 2.45) is 0 Å². The molecular weight excluding hydrogens is 200 g/mol. The fraction of sp³-hybridized carbons (Fsp3) is 0.0769. The average molecular weight is 210 g/mol. The molecule has 0 radical (unpaired) electrons. The van der Waals surface area contributed by atoms with Gasteiger partial charge >= 0.3 is 0 Å². The largest absolute Gasteiger partial charge is 0.355 e. The molecule has 0 amide bonds. The van der Waals surface area contributed by atoms with Crippen LogP contribution >= 0.6 is 0 Å². The first-order chi connectivity index (χ1) is 7.81. The van der Waals surface area contributed by atoms with Crippen molar-refractivity contribution in [3.63, 3.8) is 0 Å². The van der Waals surface area contributed by atoms with Gasteiger partial charge in [0.25, 0.3) is 0 Å². The first-order valence-electron chi connectivity index (χ1n) is 4.96. The first-order valence-corrected chi connectivity index (χ1v) is 4.96. The van der Waals surface area contributed by atoms with Gasteiger partial charge in [0, 0.05) is 11.3 Å². The van der Waals surface area contributed by atoms with Crippen molar-refractivity contribution in [2.45, 2.75) is 6.42 Å². The Balaban J connectivity index is 2.25. The zero-order chi connectivity index (χ0) is 11.4. The molecule has 0 unspecified atom stereocenters. The number of hydrogen-bond acceptors (Lipinski definition) is 2. The molecule has 0 atom stereocenters.